The molecule has 0 saturated heterocycles. The summed E-state index contributed by atoms with van der Waals surface area (Å²) in [4.78, 5) is -1.29. The standard InChI is InChI=1S/C6H3F3O3S/c7-3-1-2-4(13(10,11)12)6(9)5(3)8/h1-2H,(H,10,11,12). The zero-order valence-corrected chi connectivity index (χ0v) is 6.78. The predicted octanol–water partition coefficient (Wildman–Crippen LogP) is 1.35. The predicted molar refractivity (Wildman–Crippen MR) is 36.1 cm³/mol. The maximum atomic E-state index is 12.6. The number of rotatable bonds is 1. The van der Waals surface area contributed by atoms with Crippen molar-refractivity contribution >= 4 is 10.1 Å². The van der Waals surface area contributed by atoms with Crippen LogP contribution in [0, 0.1) is 17.5 Å². The highest BCUT2D eigenvalue weighted by Gasteiger charge is 2.21. The van der Waals surface area contributed by atoms with Crippen LogP contribution in [-0.4, -0.2) is 13.0 Å². The van der Waals surface area contributed by atoms with Crippen molar-refractivity contribution in [2.24, 2.45) is 0 Å². The van der Waals surface area contributed by atoms with Crippen LogP contribution in [0.3, 0.4) is 0 Å². The smallest absolute Gasteiger partial charge is 0.282 e. The highest BCUT2D eigenvalue weighted by Crippen LogP contribution is 2.18. The Labute approximate surface area is 71.6 Å². The van der Waals surface area contributed by atoms with Gasteiger partial charge in [0.15, 0.2) is 17.5 Å². The molecule has 0 heterocycles. The number of halogens is 3. The average molecular weight is 212 g/mol. The van der Waals surface area contributed by atoms with Gasteiger partial charge >= 0.3 is 0 Å². The van der Waals surface area contributed by atoms with Gasteiger partial charge in [-0.25, -0.2) is 13.2 Å². The lowest BCUT2D eigenvalue weighted by Crippen LogP contribution is -2.04. The third kappa shape index (κ3) is 1.81. The zero-order chi connectivity index (χ0) is 10.2. The summed E-state index contributed by atoms with van der Waals surface area (Å²) in [6.07, 6.45) is 0. The molecule has 7 heteroatoms. The summed E-state index contributed by atoms with van der Waals surface area (Å²) in [7, 11) is -4.85. The molecule has 1 rings (SSSR count). The van der Waals surface area contributed by atoms with Crippen LogP contribution in [0.1, 0.15) is 0 Å². The second-order valence-electron chi connectivity index (χ2n) is 2.15. The van der Waals surface area contributed by atoms with Crippen LogP contribution in [0.15, 0.2) is 17.0 Å². The number of benzene rings is 1. The average Bonchev–Trinajstić information content (AvgIpc) is 1.98. The molecule has 0 aliphatic heterocycles. The molecule has 0 fully saturated rings. The van der Waals surface area contributed by atoms with Gasteiger partial charge in [0.05, 0.1) is 0 Å². The van der Waals surface area contributed by atoms with Gasteiger partial charge in [-0.05, 0) is 12.1 Å². The minimum atomic E-state index is -4.85. The van der Waals surface area contributed by atoms with E-state index in [1.807, 2.05) is 0 Å². The largest absolute Gasteiger partial charge is 0.297 e. The van der Waals surface area contributed by atoms with Crippen molar-refractivity contribution in [1.29, 1.82) is 0 Å². The quantitative estimate of drug-likeness (QED) is 0.564. The van der Waals surface area contributed by atoms with Gasteiger partial charge in [0.2, 0.25) is 0 Å². The second kappa shape index (κ2) is 3.00. The van der Waals surface area contributed by atoms with Crippen LogP contribution in [-0.2, 0) is 10.1 Å². The molecule has 0 bridgehead atoms. The van der Waals surface area contributed by atoms with Gasteiger partial charge in [-0.3, -0.25) is 4.55 Å². The Bertz CT molecular complexity index is 441. The molecule has 0 aliphatic rings. The molecule has 0 radical (unpaired) electrons. The zero-order valence-electron chi connectivity index (χ0n) is 5.96. The van der Waals surface area contributed by atoms with Gasteiger partial charge in [0, 0.05) is 0 Å². The summed E-state index contributed by atoms with van der Waals surface area (Å²) < 4.78 is 66.3. The van der Waals surface area contributed by atoms with Gasteiger partial charge in [-0.1, -0.05) is 0 Å². The normalized spacial score (nSPS) is 11.7. The summed E-state index contributed by atoms with van der Waals surface area (Å²) >= 11 is 0. The van der Waals surface area contributed by atoms with E-state index < -0.39 is 32.5 Å². The summed E-state index contributed by atoms with van der Waals surface area (Å²) in [6, 6.07) is 0.838. The minimum absolute atomic E-state index is 0.404. The Balaban J connectivity index is 3.53. The maximum absolute atomic E-state index is 12.6. The second-order valence-corrected chi connectivity index (χ2v) is 3.54. The van der Waals surface area contributed by atoms with E-state index in [-0.39, 0.29) is 0 Å². The summed E-state index contributed by atoms with van der Waals surface area (Å²) in [6.45, 7) is 0. The van der Waals surface area contributed by atoms with Crippen molar-refractivity contribution < 1.29 is 26.1 Å². The fraction of sp³-hybridized carbons (Fsp3) is 0. The molecule has 0 atom stereocenters. The fourth-order valence-corrected chi connectivity index (χ4v) is 1.26. The first kappa shape index (κ1) is 10.0. The van der Waals surface area contributed by atoms with Crippen LogP contribution >= 0.6 is 0 Å². The van der Waals surface area contributed by atoms with Crippen LogP contribution in [0.25, 0.3) is 0 Å². The van der Waals surface area contributed by atoms with Crippen molar-refractivity contribution in [3.05, 3.63) is 29.6 Å². The monoisotopic (exact) mass is 212 g/mol. The van der Waals surface area contributed by atoms with Crippen molar-refractivity contribution in [3.63, 3.8) is 0 Å². The van der Waals surface area contributed by atoms with Crippen LogP contribution in [0.4, 0.5) is 13.2 Å². The van der Waals surface area contributed by atoms with Gasteiger partial charge in [0.25, 0.3) is 10.1 Å². The molecule has 0 unspecified atom stereocenters. The molecular weight excluding hydrogens is 209 g/mol. The lowest BCUT2D eigenvalue weighted by atomic mass is 10.3. The van der Waals surface area contributed by atoms with E-state index in [0.29, 0.717) is 12.1 Å². The summed E-state index contributed by atoms with van der Waals surface area (Å²) in [5.74, 6) is -5.39. The minimum Gasteiger partial charge on any atom is -0.282 e. The Hall–Kier alpha value is -1.08. The highest BCUT2D eigenvalue weighted by atomic mass is 32.2. The SMILES string of the molecule is O=S(=O)(O)c1ccc(F)c(F)c1F. The van der Waals surface area contributed by atoms with E-state index in [2.05, 4.69) is 0 Å². The number of hydrogen-bond donors (Lipinski definition) is 1. The van der Waals surface area contributed by atoms with E-state index in [4.69, 9.17) is 4.55 Å². The molecule has 72 valence electrons. The molecule has 0 saturated carbocycles. The third-order valence-corrected chi connectivity index (χ3v) is 2.15. The van der Waals surface area contributed by atoms with Gasteiger partial charge in [-0.2, -0.15) is 8.42 Å². The molecule has 1 N–H and O–H groups in total. The third-order valence-electron chi connectivity index (χ3n) is 1.28. The van der Waals surface area contributed by atoms with E-state index in [0.717, 1.165) is 0 Å². The first-order valence-corrected chi connectivity index (χ1v) is 4.39. The van der Waals surface area contributed by atoms with E-state index in [1.165, 1.54) is 0 Å². The van der Waals surface area contributed by atoms with Crippen LogP contribution < -0.4 is 0 Å². The molecule has 0 aromatic heterocycles. The Kier molecular flexibility index (Phi) is 2.31. The van der Waals surface area contributed by atoms with Crippen molar-refractivity contribution in [1.82, 2.24) is 0 Å². The first-order chi connectivity index (χ1) is 5.84. The molecule has 0 amide bonds. The molecule has 0 spiro atoms. The van der Waals surface area contributed by atoms with Crippen molar-refractivity contribution in [2.45, 2.75) is 4.90 Å². The number of hydrogen-bond acceptors (Lipinski definition) is 2. The van der Waals surface area contributed by atoms with Crippen LogP contribution in [0.2, 0.25) is 0 Å². The summed E-state index contributed by atoms with van der Waals surface area (Å²) in [5, 5.41) is 0. The van der Waals surface area contributed by atoms with E-state index >= 15 is 0 Å². The van der Waals surface area contributed by atoms with Crippen molar-refractivity contribution in [2.75, 3.05) is 0 Å². The molecule has 0 aliphatic carbocycles. The first-order valence-electron chi connectivity index (χ1n) is 2.95. The molecule has 1 aromatic rings. The lowest BCUT2D eigenvalue weighted by Gasteiger charge is -1.99. The molecular formula is C6H3F3O3S. The summed E-state index contributed by atoms with van der Waals surface area (Å²) in [5.41, 5.74) is 0. The Morgan fingerprint density at radius 1 is 1.08 bits per heavy atom. The van der Waals surface area contributed by atoms with Gasteiger partial charge in [0.1, 0.15) is 4.90 Å². The van der Waals surface area contributed by atoms with E-state index in [1.54, 1.807) is 0 Å². The highest BCUT2D eigenvalue weighted by molar-refractivity contribution is 7.85. The van der Waals surface area contributed by atoms with Crippen LogP contribution in [0.5, 0.6) is 0 Å². The van der Waals surface area contributed by atoms with Crippen molar-refractivity contribution in [3.8, 4) is 0 Å². The molecule has 1 aromatic carbocycles. The topological polar surface area (TPSA) is 54.4 Å². The fourth-order valence-electron chi connectivity index (χ4n) is 0.707. The van der Waals surface area contributed by atoms with Gasteiger partial charge < -0.3 is 0 Å². The van der Waals surface area contributed by atoms with E-state index in [9.17, 15) is 21.6 Å². The Morgan fingerprint density at radius 2 is 1.62 bits per heavy atom. The lowest BCUT2D eigenvalue weighted by molar-refractivity contribution is 0.422. The Morgan fingerprint density at radius 3 is 2.08 bits per heavy atom. The maximum Gasteiger partial charge on any atom is 0.297 e. The molecule has 13 heavy (non-hydrogen) atoms. The van der Waals surface area contributed by atoms with Gasteiger partial charge in [-0.15, -0.1) is 0 Å². The molecule has 3 nitrogen and oxygen atoms in total.